The van der Waals surface area contributed by atoms with Crippen molar-refractivity contribution in [3.8, 4) is 0 Å². The van der Waals surface area contributed by atoms with E-state index >= 15 is 0 Å². The number of aliphatic carboxylic acids is 1. The van der Waals surface area contributed by atoms with Gasteiger partial charge < -0.3 is 14.9 Å². The standard InChI is InChI=1S/C13H16O5/c1-2-18-12(17)13(8-9-14,11(15)16)10-6-4-3-5-7-10/h3-7,14H,2,8-9H2,1H3,(H,15,16). The number of carboxylic acids is 1. The number of hydrogen-bond acceptors (Lipinski definition) is 4. The van der Waals surface area contributed by atoms with Crippen molar-refractivity contribution in [3.05, 3.63) is 35.9 Å². The van der Waals surface area contributed by atoms with E-state index in [0.29, 0.717) is 5.56 Å². The lowest BCUT2D eigenvalue weighted by Gasteiger charge is -2.26. The second-order valence-corrected chi connectivity index (χ2v) is 3.77. The Labute approximate surface area is 105 Å². The van der Waals surface area contributed by atoms with Crippen LogP contribution in [0.15, 0.2) is 30.3 Å². The van der Waals surface area contributed by atoms with Crippen LogP contribution in [-0.4, -0.2) is 35.4 Å². The Bertz CT molecular complexity index is 415. The second-order valence-electron chi connectivity index (χ2n) is 3.77. The molecule has 1 aromatic carbocycles. The molecule has 1 atom stereocenters. The molecule has 2 N–H and O–H groups in total. The molecular formula is C13H16O5. The summed E-state index contributed by atoms with van der Waals surface area (Å²) in [4.78, 5) is 23.5. The number of aliphatic hydroxyl groups excluding tert-OH is 1. The van der Waals surface area contributed by atoms with Gasteiger partial charge in [-0.05, 0) is 12.5 Å². The molecule has 1 aromatic rings. The number of carboxylic acid groups (broad SMARTS) is 1. The first kappa shape index (κ1) is 14.2. The van der Waals surface area contributed by atoms with Crippen LogP contribution in [0.1, 0.15) is 18.9 Å². The van der Waals surface area contributed by atoms with Gasteiger partial charge in [-0.1, -0.05) is 30.3 Å². The van der Waals surface area contributed by atoms with Gasteiger partial charge in [-0.25, -0.2) is 0 Å². The maximum absolute atomic E-state index is 12.0. The van der Waals surface area contributed by atoms with E-state index in [0.717, 1.165) is 0 Å². The summed E-state index contributed by atoms with van der Waals surface area (Å²) in [6.45, 7) is 1.28. The Kier molecular flexibility index (Phi) is 4.85. The number of benzene rings is 1. The number of aliphatic hydroxyl groups is 1. The summed E-state index contributed by atoms with van der Waals surface area (Å²) in [5.74, 6) is -2.17. The molecule has 0 spiro atoms. The van der Waals surface area contributed by atoms with Crippen LogP contribution in [0.3, 0.4) is 0 Å². The van der Waals surface area contributed by atoms with Crippen molar-refractivity contribution in [1.82, 2.24) is 0 Å². The molecule has 1 unspecified atom stereocenters. The lowest BCUT2D eigenvalue weighted by molar-refractivity contribution is -0.162. The minimum absolute atomic E-state index is 0.0894. The van der Waals surface area contributed by atoms with E-state index in [1.165, 1.54) is 0 Å². The third kappa shape index (κ3) is 2.51. The molecule has 18 heavy (non-hydrogen) atoms. The highest BCUT2D eigenvalue weighted by Gasteiger charge is 2.48. The van der Waals surface area contributed by atoms with Gasteiger partial charge in [0.25, 0.3) is 0 Å². The van der Waals surface area contributed by atoms with Crippen molar-refractivity contribution in [2.45, 2.75) is 18.8 Å². The molecule has 0 aliphatic carbocycles. The van der Waals surface area contributed by atoms with E-state index < -0.39 is 24.0 Å². The number of esters is 1. The third-order valence-corrected chi connectivity index (χ3v) is 2.74. The van der Waals surface area contributed by atoms with Crippen molar-refractivity contribution >= 4 is 11.9 Å². The van der Waals surface area contributed by atoms with Crippen LogP contribution in [-0.2, 0) is 19.7 Å². The van der Waals surface area contributed by atoms with Crippen LogP contribution in [0, 0.1) is 0 Å². The fraction of sp³-hybridized carbons (Fsp3) is 0.385. The molecule has 0 aliphatic heterocycles. The zero-order valence-electron chi connectivity index (χ0n) is 10.1. The highest BCUT2D eigenvalue weighted by molar-refractivity contribution is 6.05. The number of carbonyl (C=O) groups is 2. The minimum Gasteiger partial charge on any atom is -0.480 e. The molecule has 0 aliphatic rings. The summed E-state index contributed by atoms with van der Waals surface area (Å²) >= 11 is 0. The Hall–Kier alpha value is -1.88. The molecular weight excluding hydrogens is 236 g/mol. The topological polar surface area (TPSA) is 83.8 Å². The Morgan fingerprint density at radius 2 is 1.89 bits per heavy atom. The predicted molar refractivity (Wildman–Crippen MR) is 64.1 cm³/mol. The first-order valence-electron chi connectivity index (χ1n) is 5.66. The van der Waals surface area contributed by atoms with Crippen molar-refractivity contribution in [1.29, 1.82) is 0 Å². The SMILES string of the molecule is CCOC(=O)C(CCO)(C(=O)O)c1ccccc1. The molecule has 0 aromatic heterocycles. The van der Waals surface area contributed by atoms with Crippen LogP contribution < -0.4 is 0 Å². The molecule has 98 valence electrons. The maximum Gasteiger partial charge on any atom is 0.328 e. The van der Waals surface area contributed by atoms with Gasteiger partial charge in [0.05, 0.1) is 6.61 Å². The Balaban J connectivity index is 3.30. The summed E-state index contributed by atoms with van der Waals surface area (Å²) < 4.78 is 4.84. The third-order valence-electron chi connectivity index (χ3n) is 2.74. The molecule has 0 saturated heterocycles. The van der Waals surface area contributed by atoms with Crippen LogP contribution >= 0.6 is 0 Å². The van der Waals surface area contributed by atoms with Gasteiger partial charge in [-0.15, -0.1) is 0 Å². The van der Waals surface area contributed by atoms with Crippen molar-refractivity contribution in [3.63, 3.8) is 0 Å². The zero-order valence-corrected chi connectivity index (χ0v) is 10.1. The molecule has 0 bridgehead atoms. The van der Waals surface area contributed by atoms with Gasteiger partial charge in [0.2, 0.25) is 0 Å². The van der Waals surface area contributed by atoms with Crippen LogP contribution in [0.2, 0.25) is 0 Å². The van der Waals surface area contributed by atoms with Gasteiger partial charge >= 0.3 is 11.9 Å². The van der Waals surface area contributed by atoms with E-state index in [1.807, 2.05) is 0 Å². The summed E-state index contributed by atoms with van der Waals surface area (Å²) in [6.07, 6.45) is -0.217. The van der Waals surface area contributed by atoms with Crippen molar-refractivity contribution in [2.24, 2.45) is 0 Å². The number of hydrogen-bond donors (Lipinski definition) is 2. The Morgan fingerprint density at radius 1 is 1.28 bits per heavy atom. The highest BCUT2D eigenvalue weighted by atomic mass is 16.5. The molecule has 5 heteroatoms. The van der Waals surface area contributed by atoms with Crippen LogP contribution in [0.25, 0.3) is 0 Å². The van der Waals surface area contributed by atoms with Gasteiger partial charge in [0.1, 0.15) is 0 Å². The molecule has 0 radical (unpaired) electrons. The van der Waals surface area contributed by atoms with Gasteiger partial charge in [0.15, 0.2) is 5.41 Å². The van der Waals surface area contributed by atoms with E-state index in [2.05, 4.69) is 0 Å². The average Bonchev–Trinajstić information content (AvgIpc) is 2.36. The highest BCUT2D eigenvalue weighted by Crippen LogP contribution is 2.30. The van der Waals surface area contributed by atoms with E-state index in [1.54, 1.807) is 37.3 Å². The molecule has 1 rings (SSSR count). The second kappa shape index (κ2) is 6.16. The van der Waals surface area contributed by atoms with E-state index in [-0.39, 0.29) is 13.0 Å². The number of rotatable bonds is 6. The Morgan fingerprint density at radius 3 is 2.33 bits per heavy atom. The zero-order chi connectivity index (χ0) is 13.6. The van der Waals surface area contributed by atoms with Crippen molar-refractivity contribution in [2.75, 3.05) is 13.2 Å². The lowest BCUT2D eigenvalue weighted by atomic mass is 9.77. The molecule has 0 heterocycles. The van der Waals surface area contributed by atoms with Crippen LogP contribution in [0.5, 0.6) is 0 Å². The lowest BCUT2D eigenvalue weighted by Crippen LogP contribution is -2.45. The fourth-order valence-electron chi connectivity index (χ4n) is 1.83. The summed E-state index contributed by atoms with van der Waals surface area (Å²) in [5.41, 5.74) is -1.53. The van der Waals surface area contributed by atoms with Crippen LogP contribution in [0.4, 0.5) is 0 Å². The fourth-order valence-corrected chi connectivity index (χ4v) is 1.83. The predicted octanol–water partition coefficient (Wildman–Crippen LogP) is 0.954. The number of ether oxygens (including phenoxy) is 1. The molecule has 0 saturated carbocycles. The monoisotopic (exact) mass is 252 g/mol. The summed E-state index contributed by atoms with van der Waals surface area (Å²) in [6, 6.07) is 8.09. The van der Waals surface area contributed by atoms with E-state index in [9.17, 15) is 14.7 Å². The van der Waals surface area contributed by atoms with Gasteiger partial charge in [-0.3, -0.25) is 9.59 Å². The van der Waals surface area contributed by atoms with Gasteiger partial charge in [0, 0.05) is 13.0 Å². The average molecular weight is 252 g/mol. The molecule has 0 amide bonds. The normalized spacial score (nSPS) is 13.7. The maximum atomic E-state index is 12.0. The molecule has 5 nitrogen and oxygen atoms in total. The summed E-state index contributed by atoms with van der Waals surface area (Å²) in [5, 5.41) is 18.5. The smallest absolute Gasteiger partial charge is 0.328 e. The number of carbonyl (C=O) groups excluding carboxylic acids is 1. The van der Waals surface area contributed by atoms with Gasteiger partial charge in [-0.2, -0.15) is 0 Å². The first-order chi connectivity index (χ1) is 8.59. The van der Waals surface area contributed by atoms with E-state index in [4.69, 9.17) is 9.84 Å². The largest absolute Gasteiger partial charge is 0.480 e. The minimum atomic E-state index is -1.84. The summed E-state index contributed by atoms with van der Waals surface area (Å²) in [7, 11) is 0. The first-order valence-corrected chi connectivity index (χ1v) is 5.66. The molecule has 0 fully saturated rings. The quantitative estimate of drug-likeness (QED) is 0.582. The van der Waals surface area contributed by atoms with Crippen molar-refractivity contribution < 1.29 is 24.5 Å².